The summed E-state index contributed by atoms with van der Waals surface area (Å²) in [6.07, 6.45) is 18.6. The first-order valence-corrected chi connectivity index (χ1v) is 16.2. The van der Waals surface area contributed by atoms with Crippen molar-refractivity contribution in [2.45, 2.75) is 97.1 Å². The molecule has 0 unspecified atom stereocenters. The largest absolute Gasteiger partial charge is 1.00 e. The summed E-state index contributed by atoms with van der Waals surface area (Å²) >= 11 is 6.48. The van der Waals surface area contributed by atoms with E-state index in [2.05, 4.69) is 6.92 Å². The van der Waals surface area contributed by atoms with Gasteiger partial charge in [-0.05, 0) is 42.3 Å². The first-order chi connectivity index (χ1) is 21.0. The Kier molecular flexibility index (Phi) is 18.7. The molecule has 3 aromatic rings. The number of hydrogen-bond donors (Lipinski definition) is 0. The van der Waals surface area contributed by atoms with E-state index in [1.807, 2.05) is 54.3 Å². The highest BCUT2D eigenvalue weighted by Crippen LogP contribution is 2.26. The van der Waals surface area contributed by atoms with Crippen LogP contribution in [-0.2, 0) is 24.9 Å². The molecule has 0 aliphatic heterocycles. The molecule has 0 saturated carbocycles. The van der Waals surface area contributed by atoms with E-state index in [1.54, 1.807) is 30.3 Å². The maximum atomic E-state index is 13.2. The Labute approximate surface area is 286 Å². The predicted octanol–water partition coefficient (Wildman–Crippen LogP) is 6.23. The third-order valence-electron chi connectivity index (χ3n) is 7.44. The normalized spacial score (nSPS) is 10.6. The van der Waals surface area contributed by atoms with Gasteiger partial charge in [-0.2, -0.15) is 0 Å². The summed E-state index contributed by atoms with van der Waals surface area (Å²) < 4.78 is 13.4. The number of halogens is 2. The summed E-state index contributed by atoms with van der Waals surface area (Å²) in [5, 5.41) is 0.474. The molecule has 0 atom stereocenters. The molecule has 6 nitrogen and oxygen atoms in total. The molecule has 0 bridgehead atoms. The number of carbonyl (C=O) groups excluding carboxylic acids is 2. The van der Waals surface area contributed by atoms with Gasteiger partial charge in [-0.15, -0.1) is 0 Å². The lowest BCUT2D eigenvalue weighted by molar-refractivity contribution is -0.672. The first kappa shape index (κ1) is 37.5. The zero-order valence-electron chi connectivity index (χ0n) is 26.3. The van der Waals surface area contributed by atoms with E-state index in [0.717, 1.165) is 23.3 Å². The maximum absolute atomic E-state index is 13.2. The highest BCUT2D eigenvalue weighted by atomic mass is 127. The molecule has 240 valence electrons. The van der Waals surface area contributed by atoms with E-state index in [9.17, 15) is 9.59 Å². The van der Waals surface area contributed by atoms with Gasteiger partial charge in [0.25, 0.3) is 5.91 Å². The number of carbonyl (C=O) groups is 2. The van der Waals surface area contributed by atoms with Crippen molar-refractivity contribution >= 4 is 23.6 Å². The molecule has 1 heterocycles. The molecule has 0 fully saturated rings. The molecular weight excluding hydrogens is 687 g/mol. The molecule has 2 aromatic carbocycles. The second-order valence-corrected chi connectivity index (χ2v) is 11.6. The topological polar surface area (TPSA) is 59.7 Å². The molecule has 0 N–H and O–H groups in total. The van der Waals surface area contributed by atoms with Crippen LogP contribution in [0.1, 0.15) is 105 Å². The average molecular weight is 735 g/mol. The van der Waals surface area contributed by atoms with Crippen molar-refractivity contribution in [2.24, 2.45) is 7.05 Å². The molecule has 0 spiro atoms. The molecule has 44 heavy (non-hydrogen) atoms. The lowest BCUT2D eigenvalue weighted by atomic mass is 10.1. The van der Waals surface area contributed by atoms with Gasteiger partial charge in [-0.25, -0.2) is 14.3 Å². The fourth-order valence-electron chi connectivity index (χ4n) is 4.98. The van der Waals surface area contributed by atoms with E-state index < -0.39 is 12.0 Å². The van der Waals surface area contributed by atoms with E-state index in [1.165, 1.54) is 64.2 Å². The molecule has 0 saturated heterocycles. The fraction of sp³-hybridized carbons (Fsp3) is 0.472. The van der Waals surface area contributed by atoms with E-state index in [4.69, 9.17) is 21.1 Å². The highest BCUT2D eigenvalue weighted by molar-refractivity contribution is 6.32. The number of amides is 2. The van der Waals surface area contributed by atoms with Crippen LogP contribution in [0.2, 0.25) is 5.02 Å². The zero-order chi connectivity index (χ0) is 30.7. The van der Waals surface area contributed by atoms with Crippen molar-refractivity contribution in [1.82, 2.24) is 4.90 Å². The first-order valence-electron chi connectivity index (χ1n) is 15.9. The van der Waals surface area contributed by atoms with Crippen molar-refractivity contribution in [3.63, 3.8) is 0 Å². The van der Waals surface area contributed by atoms with Gasteiger partial charge < -0.3 is 33.5 Å². The number of aryl methyl sites for hydroxylation is 1. The monoisotopic (exact) mass is 734 g/mol. The van der Waals surface area contributed by atoms with Crippen LogP contribution in [-0.4, -0.2) is 23.5 Å². The van der Waals surface area contributed by atoms with Crippen molar-refractivity contribution in [2.75, 3.05) is 6.61 Å². The Balaban J connectivity index is 0.00000675. The Morgan fingerprint density at radius 1 is 0.795 bits per heavy atom. The zero-order valence-corrected chi connectivity index (χ0v) is 29.2. The molecule has 0 aliphatic rings. The second-order valence-electron chi connectivity index (χ2n) is 11.2. The fourth-order valence-corrected chi connectivity index (χ4v) is 5.24. The Hall–Kier alpha value is -2.65. The van der Waals surface area contributed by atoms with Gasteiger partial charge in [0, 0.05) is 17.2 Å². The van der Waals surface area contributed by atoms with Crippen LogP contribution in [0.25, 0.3) is 0 Å². The molecule has 3 rings (SSSR count). The minimum Gasteiger partial charge on any atom is -1.00 e. The van der Waals surface area contributed by atoms with E-state index >= 15 is 0 Å². The number of rotatable bonds is 19. The Bertz CT molecular complexity index is 1260. The summed E-state index contributed by atoms with van der Waals surface area (Å²) in [5.41, 5.74) is 1.94. The van der Waals surface area contributed by atoms with Gasteiger partial charge in [0.1, 0.15) is 19.4 Å². The van der Waals surface area contributed by atoms with Crippen LogP contribution in [0, 0.1) is 0 Å². The number of imide groups is 1. The number of ether oxygens (including phenoxy) is 2. The summed E-state index contributed by atoms with van der Waals surface area (Å²) in [6.45, 7) is 2.96. The second kappa shape index (κ2) is 22.0. The van der Waals surface area contributed by atoms with Gasteiger partial charge in [0.2, 0.25) is 0 Å². The summed E-state index contributed by atoms with van der Waals surface area (Å²) in [7, 11) is 1.89. The van der Waals surface area contributed by atoms with Gasteiger partial charge in [0.05, 0.1) is 18.2 Å². The lowest BCUT2D eigenvalue weighted by Crippen LogP contribution is -3.00. The van der Waals surface area contributed by atoms with Gasteiger partial charge in [-0.1, -0.05) is 113 Å². The molecule has 0 radical (unpaired) electrons. The molecule has 0 aliphatic carbocycles. The van der Waals surface area contributed by atoms with Crippen LogP contribution in [0.4, 0.5) is 4.79 Å². The maximum Gasteiger partial charge on any atom is 0.417 e. The minimum absolute atomic E-state index is 0. The summed E-state index contributed by atoms with van der Waals surface area (Å²) in [6, 6.07) is 17.8. The molecule has 2 amide bonds. The SMILES string of the molecule is CCCCCCCCCCCCCCOc1ccc(COC(=O)N(Cc2ccc[n+](C)c2)C(=O)c2ccccc2)cc1Cl.[I-]. The van der Waals surface area contributed by atoms with Crippen molar-refractivity contribution in [3.8, 4) is 5.75 Å². The molecule has 8 heteroatoms. The number of nitrogens with zero attached hydrogens (tertiary/aromatic N) is 2. The molecule has 1 aromatic heterocycles. The number of benzene rings is 2. The van der Waals surface area contributed by atoms with Crippen molar-refractivity contribution < 1.29 is 47.6 Å². The van der Waals surface area contributed by atoms with Crippen LogP contribution < -0.4 is 33.3 Å². The Morgan fingerprint density at radius 3 is 2.05 bits per heavy atom. The van der Waals surface area contributed by atoms with Crippen molar-refractivity contribution in [3.05, 3.63) is 94.8 Å². The lowest BCUT2D eigenvalue weighted by Gasteiger charge is -2.20. The van der Waals surface area contributed by atoms with E-state index in [0.29, 0.717) is 28.5 Å². The van der Waals surface area contributed by atoms with E-state index in [-0.39, 0.29) is 37.1 Å². The third kappa shape index (κ3) is 14.0. The average Bonchev–Trinajstić information content (AvgIpc) is 3.02. The van der Waals surface area contributed by atoms with Gasteiger partial charge in [0.15, 0.2) is 12.4 Å². The van der Waals surface area contributed by atoms with Crippen LogP contribution in [0.15, 0.2) is 73.1 Å². The number of unbranched alkanes of at least 4 members (excludes halogenated alkanes) is 11. The van der Waals surface area contributed by atoms with Crippen LogP contribution >= 0.6 is 11.6 Å². The smallest absolute Gasteiger partial charge is 0.417 e. The van der Waals surface area contributed by atoms with Crippen LogP contribution in [0.5, 0.6) is 5.75 Å². The van der Waals surface area contributed by atoms with Crippen LogP contribution in [0.3, 0.4) is 0 Å². The third-order valence-corrected chi connectivity index (χ3v) is 7.74. The number of aromatic nitrogens is 1. The summed E-state index contributed by atoms with van der Waals surface area (Å²) in [5.74, 6) is 0.203. The minimum atomic E-state index is -0.719. The molecular formula is C36H48ClIN2O4. The highest BCUT2D eigenvalue weighted by Gasteiger charge is 2.25. The number of pyridine rings is 1. The van der Waals surface area contributed by atoms with Gasteiger partial charge >= 0.3 is 6.09 Å². The Morgan fingerprint density at radius 2 is 1.43 bits per heavy atom. The number of hydrogen-bond acceptors (Lipinski definition) is 4. The predicted molar refractivity (Wildman–Crippen MR) is 172 cm³/mol. The summed E-state index contributed by atoms with van der Waals surface area (Å²) in [4.78, 5) is 27.5. The van der Waals surface area contributed by atoms with Gasteiger partial charge in [-0.3, -0.25) is 4.79 Å². The van der Waals surface area contributed by atoms with Crippen molar-refractivity contribution in [1.29, 1.82) is 0 Å². The standard InChI is InChI=1S/C36H48ClN2O4.HI/c1-3-4-5-6-7-8-9-10-11-12-13-17-25-42-34-23-22-30(26-33(34)37)29-43-36(41)39(28-31-19-18-24-38(2)27-31)35(40)32-20-15-14-16-21-32;/h14-16,18-24,26-27H,3-13,17,25,28-29H2,1-2H3;1H/q+1;/p-1. The quantitative estimate of drug-likeness (QED) is 0.0834.